The summed E-state index contributed by atoms with van der Waals surface area (Å²) in [6, 6.07) is 19.1. The molecule has 2 aromatic carbocycles. The largest absolute Gasteiger partial charge is 0.497 e. The predicted octanol–water partition coefficient (Wildman–Crippen LogP) is 4.70. The zero-order valence-corrected chi connectivity index (χ0v) is 19.1. The van der Waals surface area contributed by atoms with E-state index < -0.39 is 5.91 Å². The van der Waals surface area contributed by atoms with Crippen LogP contribution in [0.5, 0.6) is 5.75 Å². The first-order valence-electron chi connectivity index (χ1n) is 10.5. The van der Waals surface area contributed by atoms with E-state index in [1.165, 1.54) is 13.2 Å². The number of rotatable bonds is 9. The Balaban J connectivity index is 1.47. The van der Waals surface area contributed by atoms with E-state index in [-0.39, 0.29) is 24.7 Å². The zero-order valence-electron chi connectivity index (χ0n) is 18.4. The van der Waals surface area contributed by atoms with Crippen molar-refractivity contribution in [1.29, 1.82) is 0 Å². The molecule has 0 spiro atoms. The number of nitrogens with one attached hydrogen (secondary N) is 1. The molecule has 9 heteroatoms. The van der Waals surface area contributed by atoms with Crippen molar-refractivity contribution in [2.45, 2.75) is 19.6 Å². The van der Waals surface area contributed by atoms with Crippen LogP contribution in [0.25, 0.3) is 0 Å². The van der Waals surface area contributed by atoms with E-state index in [4.69, 9.17) is 25.3 Å². The summed E-state index contributed by atoms with van der Waals surface area (Å²) in [6.07, 6.45) is 1.54. The first-order chi connectivity index (χ1) is 16.5. The average Bonchev–Trinajstić information content (AvgIpc) is 3.54. The summed E-state index contributed by atoms with van der Waals surface area (Å²) in [5, 5.41) is 7.23. The van der Waals surface area contributed by atoms with Crippen LogP contribution in [-0.4, -0.2) is 29.0 Å². The molecule has 174 valence electrons. The molecule has 0 aliphatic rings. The number of carbonyl (C=O) groups is 2. The number of hydrogen-bond acceptors (Lipinski definition) is 6. The third-order valence-corrected chi connectivity index (χ3v) is 5.25. The summed E-state index contributed by atoms with van der Waals surface area (Å²) in [7, 11) is 1.54. The third-order valence-electron chi connectivity index (χ3n) is 5.01. The quantitative estimate of drug-likeness (QED) is 0.373. The number of furan rings is 1. The van der Waals surface area contributed by atoms with Crippen LogP contribution in [0.2, 0.25) is 5.02 Å². The normalized spacial score (nSPS) is 10.6. The topological polar surface area (TPSA) is 97.8 Å². The predicted molar refractivity (Wildman–Crippen MR) is 124 cm³/mol. The van der Waals surface area contributed by atoms with Gasteiger partial charge in [0.25, 0.3) is 11.8 Å². The second kappa shape index (κ2) is 10.7. The Morgan fingerprint density at radius 1 is 1.03 bits per heavy atom. The van der Waals surface area contributed by atoms with Crippen molar-refractivity contribution in [3.05, 3.63) is 106 Å². The van der Waals surface area contributed by atoms with Gasteiger partial charge in [0.05, 0.1) is 26.5 Å². The maximum absolute atomic E-state index is 13.2. The van der Waals surface area contributed by atoms with Crippen LogP contribution in [0.3, 0.4) is 0 Å². The lowest BCUT2D eigenvalue weighted by molar-refractivity contribution is 0.0699. The lowest BCUT2D eigenvalue weighted by atomic mass is 10.1. The summed E-state index contributed by atoms with van der Waals surface area (Å²) in [5.41, 5.74) is 1.42. The Morgan fingerprint density at radius 3 is 2.62 bits per heavy atom. The molecule has 0 atom stereocenters. The Hall–Kier alpha value is -4.04. The molecule has 0 aliphatic heterocycles. The van der Waals surface area contributed by atoms with Crippen molar-refractivity contribution in [2.75, 3.05) is 7.11 Å². The first kappa shape index (κ1) is 23.1. The van der Waals surface area contributed by atoms with Crippen molar-refractivity contribution >= 4 is 23.4 Å². The molecule has 0 fully saturated rings. The molecule has 0 saturated carbocycles. The molecule has 0 aliphatic carbocycles. The number of carbonyl (C=O) groups excluding carboxylic acids is 2. The van der Waals surface area contributed by atoms with E-state index in [9.17, 15) is 9.59 Å². The Labute approximate surface area is 201 Å². The Morgan fingerprint density at radius 2 is 1.85 bits per heavy atom. The van der Waals surface area contributed by atoms with E-state index in [0.717, 1.165) is 5.56 Å². The summed E-state index contributed by atoms with van der Waals surface area (Å²) in [5.74, 6) is 0.887. The summed E-state index contributed by atoms with van der Waals surface area (Å²) in [4.78, 5) is 27.3. The highest BCUT2D eigenvalue weighted by Crippen LogP contribution is 2.19. The van der Waals surface area contributed by atoms with Crippen LogP contribution in [0.15, 0.2) is 81.9 Å². The number of ether oxygens (including phenoxy) is 1. The standard InChI is InChI=1S/C25H22ClN3O5/c1-32-20-8-3-6-18(12-20)25(31)29(15-21-9-4-10-33-21)16-22-13-23(28-34-22)24(30)27-14-17-5-2-7-19(26)11-17/h2-13H,14-16H2,1H3,(H,27,30). The van der Waals surface area contributed by atoms with Crippen LogP contribution in [0.4, 0.5) is 0 Å². The minimum absolute atomic E-state index is 0.0886. The molecule has 0 unspecified atom stereocenters. The lowest BCUT2D eigenvalue weighted by Gasteiger charge is -2.20. The maximum atomic E-state index is 13.2. The van der Waals surface area contributed by atoms with Gasteiger partial charge in [0.2, 0.25) is 0 Å². The maximum Gasteiger partial charge on any atom is 0.273 e. The van der Waals surface area contributed by atoms with Gasteiger partial charge in [-0.2, -0.15) is 0 Å². The van der Waals surface area contributed by atoms with Crippen molar-refractivity contribution in [2.24, 2.45) is 0 Å². The van der Waals surface area contributed by atoms with Crippen LogP contribution in [-0.2, 0) is 19.6 Å². The fraction of sp³-hybridized carbons (Fsp3) is 0.160. The van der Waals surface area contributed by atoms with Gasteiger partial charge < -0.3 is 23.9 Å². The molecule has 2 amide bonds. The molecule has 2 aromatic heterocycles. The van der Waals surface area contributed by atoms with Crippen LogP contribution < -0.4 is 10.1 Å². The van der Waals surface area contributed by atoms with E-state index in [2.05, 4.69) is 10.5 Å². The van der Waals surface area contributed by atoms with Gasteiger partial charge in [-0.1, -0.05) is 35.0 Å². The minimum Gasteiger partial charge on any atom is -0.497 e. The molecule has 4 aromatic rings. The number of nitrogens with zero attached hydrogens (tertiary/aromatic N) is 2. The monoisotopic (exact) mass is 479 g/mol. The smallest absolute Gasteiger partial charge is 0.273 e. The second-order valence-corrected chi connectivity index (χ2v) is 7.90. The lowest BCUT2D eigenvalue weighted by Crippen LogP contribution is -2.30. The Kier molecular flexibility index (Phi) is 7.29. The minimum atomic E-state index is -0.397. The molecule has 34 heavy (non-hydrogen) atoms. The van der Waals surface area contributed by atoms with Crippen molar-refractivity contribution < 1.29 is 23.3 Å². The molecule has 0 saturated heterocycles. The van der Waals surface area contributed by atoms with Gasteiger partial charge in [-0.3, -0.25) is 9.59 Å². The highest BCUT2D eigenvalue weighted by atomic mass is 35.5. The molecule has 0 radical (unpaired) electrons. The summed E-state index contributed by atoms with van der Waals surface area (Å²) >= 11 is 5.98. The van der Waals surface area contributed by atoms with Gasteiger partial charge >= 0.3 is 0 Å². The average molecular weight is 480 g/mol. The van der Waals surface area contributed by atoms with Crippen LogP contribution in [0, 0.1) is 0 Å². The van der Waals surface area contributed by atoms with Crippen molar-refractivity contribution in [1.82, 2.24) is 15.4 Å². The highest BCUT2D eigenvalue weighted by molar-refractivity contribution is 6.30. The molecular formula is C25H22ClN3O5. The van der Waals surface area contributed by atoms with Gasteiger partial charge in [-0.05, 0) is 48.0 Å². The van der Waals surface area contributed by atoms with Gasteiger partial charge in [0, 0.05) is 23.2 Å². The Bertz CT molecular complexity index is 1270. The van der Waals surface area contributed by atoms with Crippen LogP contribution in [0.1, 0.15) is 37.9 Å². The SMILES string of the molecule is COc1cccc(C(=O)N(Cc2ccco2)Cc2cc(C(=O)NCc3cccc(Cl)c3)no2)c1. The van der Waals surface area contributed by atoms with Gasteiger partial charge in [0.1, 0.15) is 11.5 Å². The third kappa shape index (κ3) is 5.85. The molecule has 2 heterocycles. The first-order valence-corrected chi connectivity index (χ1v) is 10.8. The molecule has 8 nitrogen and oxygen atoms in total. The molecular weight excluding hydrogens is 458 g/mol. The number of amides is 2. The van der Waals surface area contributed by atoms with Crippen molar-refractivity contribution in [3.8, 4) is 5.75 Å². The van der Waals surface area contributed by atoms with E-state index in [1.54, 1.807) is 59.7 Å². The fourth-order valence-electron chi connectivity index (χ4n) is 3.33. The molecule has 1 N–H and O–H groups in total. The second-order valence-electron chi connectivity index (χ2n) is 7.46. The van der Waals surface area contributed by atoms with Gasteiger partial charge in [0.15, 0.2) is 11.5 Å². The van der Waals surface area contributed by atoms with Gasteiger partial charge in [-0.15, -0.1) is 0 Å². The van der Waals surface area contributed by atoms with Gasteiger partial charge in [-0.25, -0.2) is 0 Å². The number of halogens is 1. The number of benzene rings is 2. The summed E-state index contributed by atoms with van der Waals surface area (Å²) < 4.78 is 16.0. The fourth-order valence-corrected chi connectivity index (χ4v) is 3.54. The highest BCUT2D eigenvalue weighted by Gasteiger charge is 2.21. The molecule has 4 rings (SSSR count). The van der Waals surface area contributed by atoms with Crippen molar-refractivity contribution in [3.63, 3.8) is 0 Å². The molecule has 0 bridgehead atoms. The summed E-state index contributed by atoms with van der Waals surface area (Å²) in [6.45, 7) is 0.589. The van der Waals surface area contributed by atoms with E-state index in [1.807, 2.05) is 12.1 Å². The number of hydrogen-bond donors (Lipinski definition) is 1. The number of methoxy groups -OCH3 is 1. The van der Waals surface area contributed by atoms with E-state index >= 15 is 0 Å². The van der Waals surface area contributed by atoms with E-state index in [0.29, 0.717) is 34.4 Å². The zero-order chi connectivity index (χ0) is 23.9. The number of aromatic nitrogens is 1. The van der Waals surface area contributed by atoms with Crippen LogP contribution >= 0.6 is 11.6 Å².